The molecule has 0 aliphatic heterocycles. The first-order chi connectivity index (χ1) is 17.5. The average Bonchev–Trinajstić information content (AvgIpc) is 3.03. The maximum Gasteiger partial charge on any atom is 0.308 e. The number of ether oxygens (including phenoxy) is 1. The summed E-state index contributed by atoms with van der Waals surface area (Å²) in [7, 11) is 1.28. The number of fused-ring (bicyclic) bond motifs is 4. The van der Waals surface area contributed by atoms with Crippen molar-refractivity contribution >= 4 is 29.1 Å². The smallest absolute Gasteiger partial charge is 0.308 e. The number of esters is 1. The molecule has 38 heavy (non-hydrogen) atoms. The number of carbonyl (C=O) groups is 5. The van der Waals surface area contributed by atoms with E-state index in [0.717, 1.165) is 0 Å². The fraction of sp³-hybridized carbons (Fsp3) is 0.710. The Morgan fingerprint density at radius 2 is 1.68 bits per heavy atom. The van der Waals surface area contributed by atoms with Crippen LogP contribution >= 0.6 is 0 Å². The van der Waals surface area contributed by atoms with E-state index in [4.69, 9.17) is 4.74 Å². The number of hydrogen-bond acceptors (Lipinski definition) is 7. The van der Waals surface area contributed by atoms with Crippen LogP contribution in [0.15, 0.2) is 22.8 Å². The minimum Gasteiger partial charge on any atom is -0.469 e. The zero-order valence-corrected chi connectivity index (χ0v) is 24.0. The van der Waals surface area contributed by atoms with Crippen molar-refractivity contribution in [2.24, 2.45) is 39.4 Å². The third-order valence-corrected chi connectivity index (χ3v) is 11.2. The molecule has 4 rings (SSSR count). The maximum absolute atomic E-state index is 14.0. The van der Waals surface area contributed by atoms with Crippen LogP contribution in [0.2, 0.25) is 0 Å². The predicted octanol–water partition coefficient (Wildman–Crippen LogP) is 4.35. The van der Waals surface area contributed by atoms with Crippen LogP contribution in [0.3, 0.4) is 0 Å². The van der Waals surface area contributed by atoms with Gasteiger partial charge in [-0.2, -0.15) is 0 Å². The Kier molecular flexibility index (Phi) is 6.83. The van der Waals surface area contributed by atoms with Crippen molar-refractivity contribution in [3.63, 3.8) is 0 Å². The van der Waals surface area contributed by atoms with Gasteiger partial charge in [0.1, 0.15) is 5.78 Å². The highest BCUT2D eigenvalue weighted by atomic mass is 16.5. The first-order valence-electron chi connectivity index (χ1n) is 13.8. The predicted molar refractivity (Wildman–Crippen MR) is 141 cm³/mol. The number of ketones is 4. The monoisotopic (exact) mass is 526 g/mol. The molecule has 2 fully saturated rings. The third kappa shape index (κ3) is 3.75. The van der Waals surface area contributed by atoms with Crippen LogP contribution in [-0.2, 0) is 28.7 Å². The third-order valence-electron chi connectivity index (χ3n) is 11.2. The van der Waals surface area contributed by atoms with Gasteiger partial charge in [-0.15, -0.1) is 0 Å². The number of rotatable bonds is 5. The van der Waals surface area contributed by atoms with E-state index in [1.165, 1.54) is 13.2 Å². The van der Waals surface area contributed by atoms with Crippen LogP contribution in [0, 0.1) is 39.4 Å². The van der Waals surface area contributed by atoms with Gasteiger partial charge in [0, 0.05) is 42.2 Å². The molecule has 0 amide bonds. The Hall–Kier alpha value is -2.41. The number of allylic oxidation sites excluding steroid dienone is 4. The second kappa shape index (κ2) is 9.07. The van der Waals surface area contributed by atoms with E-state index in [2.05, 4.69) is 0 Å². The molecule has 1 N–H and O–H groups in total. The summed E-state index contributed by atoms with van der Waals surface area (Å²) < 4.78 is 4.72. The minimum atomic E-state index is -1.14. The highest BCUT2D eigenvalue weighted by Crippen LogP contribution is 2.69. The summed E-state index contributed by atoms with van der Waals surface area (Å²) in [6.07, 6.45) is 2.54. The van der Waals surface area contributed by atoms with Crippen LogP contribution in [0.1, 0.15) is 87.0 Å². The largest absolute Gasteiger partial charge is 0.469 e. The van der Waals surface area contributed by atoms with E-state index in [1.807, 2.05) is 34.6 Å². The minimum absolute atomic E-state index is 0.00718. The van der Waals surface area contributed by atoms with Gasteiger partial charge in [0.15, 0.2) is 17.3 Å². The van der Waals surface area contributed by atoms with Crippen LogP contribution < -0.4 is 0 Å². The molecular weight excluding hydrogens is 484 g/mol. The lowest BCUT2D eigenvalue weighted by atomic mass is 9.43. The first kappa shape index (κ1) is 28.6. The number of aliphatic hydroxyl groups is 1. The summed E-state index contributed by atoms with van der Waals surface area (Å²) in [6.45, 7) is 13.2. The van der Waals surface area contributed by atoms with Crippen LogP contribution in [0.25, 0.3) is 0 Å². The zero-order valence-electron chi connectivity index (χ0n) is 24.0. The highest BCUT2D eigenvalue weighted by Gasteiger charge is 2.70. The molecule has 0 heterocycles. The van der Waals surface area contributed by atoms with Gasteiger partial charge < -0.3 is 9.84 Å². The molecule has 0 unspecified atom stereocenters. The van der Waals surface area contributed by atoms with Crippen LogP contribution in [0.4, 0.5) is 0 Å². The molecule has 0 spiro atoms. The fourth-order valence-corrected chi connectivity index (χ4v) is 8.61. The van der Waals surface area contributed by atoms with Crippen LogP contribution in [0.5, 0.6) is 0 Å². The first-order valence-corrected chi connectivity index (χ1v) is 13.8. The number of Topliss-reactive ketones (excluding diaryl/α,β-unsaturated/α-hetero) is 3. The molecule has 7 atom stereocenters. The van der Waals surface area contributed by atoms with Gasteiger partial charge in [0.05, 0.1) is 24.5 Å². The van der Waals surface area contributed by atoms with Crippen molar-refractivity contribution in [2.45, 2.75) is 93.1 Å². The summed E-state index contributed by atoms with van der Waals surface area (Å²) in [6, 6.07) is 0. The van der Waals surface area contributed by atoms with Gasteiger partial charge in [-0.3, -0.25) is 24.0 Å². The lowest BCUT2D eigenvalue weighted by Crippen LogP contribution is -2.59. The molecular formula is C31H42O7. The quantitative estimate of drug-likeness (QED) is 0.418. The molecule has 4 aliphatic carbocycles. The molecule has 2 saturated carbocycles. The average molecular weight is 527 g/mol. The van der Waals surface area contributed by atoms with E-state index in [0.29, 0.717) is 29.6 Å². The Bertz CT molecular complexity index is 1190. The summed E-state index contributed by atoms with van der Waals surface area (Å²) in [4.78, 5) is 66.4. The Morgan fingerprint density at radius 3 is 2.29 bits per heavy atom. The second-order valence-electron chi connectivity index (χ2n) is 13.5. The molecule has 0 aromatic heterocycles. The Balaban J connectivity index is 1.78. The summed E-state index contributed by atoms with van der Waals surface area (Å²) in [5.41, 5.74) is -1.52. The zero-order chi connectivity index (χ0) is 28.6. The standard InChI is InChI=1S/C31H42O7/c1-16(11-18(32)12-17(2)27(37)38-8)19-13-24(36)31(7)26-20(33)14-22-28(3,4)23(35)9-10-29(22,5)25(26)21(34)15-30(19,31)6/h11,17,19,22-23,35H,9-10,12-15H2,1-8H3/b16-11-/t17-,19-,22+,23+,29+,30-,31+/m1/s1. The topological polar surface area (TPSA) is 115 Å². The van der Waals surface area contributed by atoms with Gasteiger partial charge in [0.2, 0.25) is 0 Å². The SMILES string of the molecule is COC(=O)[C@H](C)CC(=O)/C=C(/C)[C@H]1CC(=O)[C@@]2(C)C3=C(C(=O)C[C@]12C)[C@@]1(C)CC[C@H](O)C(C)(C)[C@@H]1CC3=O. The highest BCUT2D eigenvalue weighted by molar-refractivity contribution is 6.16. The van der Waals surface area contributed by atoms with Gasteiger partial charge in [0.25, 0.3) is 0 Å². The van der Waals surface area contributed by atoms with Gasteiger partial charge in [-0.05, 0) is 55.4 Å². The van der Waals surface area contributed by atoms with Crippen molar-refractivity contribution in [1.82, 2.24) is 0 Å². The Labute approximate surface area is 225 Å². The maximum atomic E-state index is 14.0. The molecule has 0 radical (unpaired) electrons. The second-order valence-corrected chi connectivity index (χ2v) is 13.5. The summed E-state index contributed by atoms with van der Waals surface area (Å²) >= 11 is 0. The molecule has 7 heteroatoms. The van der Waals surface area contributed by atoms with Crippen molar-refractivity contribution < 1.29 is 33.8 Å². The summed E-state index contributed by atoms with van der Waals surface area (Å²) in [5, 5.41) is 10.8. The van der Waals surface area contributed by atoms with E-state index >= 15 is 0 Å². The number of aliphatic hydroxyl groups excluding tert-OH is 1. The van der Waals surface area contributed by atoms with Crippen LogP contribution in [-0.4, -0.2) is 47.4 Å². The molecule has 0 bridgehead atoms. The Morgan fingerprint density at radius 1 is 1.05 bits per heavy atom. The van der Waals surface area contributed by atoms with Crippen molar-refractivity contribution in [2.75, 3.05) is 7.11 Å². The number of methoxy groups -OCH3 is 1. The van der Waals surface area contributed by atoms with Gasteiger partial charge in [-0.25, -0.2) is 0 Å². The molecule has 0 aromatic carbocycles. The molecule has 7 nitrogen and oxygen atoms in total. The van der Waals surface area contributed by atoms with E-state index in [1.54, 1.807) is 13.8 Å². The number of carbonyl (C=O) groups excluding carboxylic acids is 5. The molecule has 208 valence electrons. The molecule has 0 saturated heterocycles. The lowest BCUT2D eigenvalue weighted by Gasteiger charge is -2.59. The van der Waals surface area contributed by atoms with Crippen molar-refractivity contribution in [1.29, 1.82) is 0 Å². The normalized spacial score (nSPS) is 39.3. The molecule has 0 aromatic rings. The lowest BCUT2D eigenvalue weighted by molar-refractivity contribution is -0.146. The van der Waals surface area contributed by atoms with Gasteiger partial charge in [-0.1, -0.05) is 40.2 Å². The summed E-state index contributed by atoms with van der Waals surface area (Å²) in [5.74, 6) is -2.17. The van der Waals surface area contributed by atoms with Gasteiger partial charge >= 0.3 is 5.97 Å². The number of hydrogen-bond donors (Lipinski definition) is 1. The molecule has 4 aliphatic rings. The van der Waals surface area contributed by atoms with Crippen molar-refractivity contribution in [3.8, 4) is 0 Å². The fourth-order valence-electron chi connectivity index (χ4n) is 8.61. The van der Waals surface area contributed by atoms with E-state index in [9.17, 15) is 29.1 Å². The van der Waals surface area contributed by atoms with E-state index in [-0.39, 0.29) is 60.7 Å². The van der Waals surface area contributed by atoms with Crippen molar-refractivity contribution in [3.05, 3.63) is 22.8 Å². The van der Waals surface area contributed by atoms with E-state index < -0.39 is 39.7 Å².